The van der Waals surface area contributed by atoms with E-state index in [-0.39, 0.29) is 5.41 Å². The van der Waals surface area contributed by atoms with Crippen molar-refractivity contribution in [2.24, 2.45) is 5.41 Å². The van der Waals surface area contributed by atoms with Gasteiger partial charge in [-0.2, -0.15) is 5.26 Å². The molecule has 0 aliphatic carbocycles. The van der Waals surface area contributed by atoms with E-state index in [2.05, 4.69) is 62.0 Å². The highest BCUT2D eigenvalue weighted by Crippen LogP contribution is 2.33. The molecule has 1 fully saturated rings. The van der Waals surface area contributed by atoms with Crippen molar-refractivity contribution in [1.82, 2.24) is 9.80 Å². The minimum absolute atomic E-state index is 0.208. The van der Waals surface area contributed by atoms with E-state index in [0.29, 0.717) is 6.42 Å². The molecular weight excluding hydrogens is 270 g/mol. The first kappa shape index (κ1) is 18.5. The summed E-state index contributed by atoms with van der Waals surface area (Å²) >= 11 is 0. The van der Waals surface area contributed by atoms with Crippen molar-refractivity contribution in [3.63, 3.8) is 0 Å². The van der Waals surface area contributed by atoms with Gasteiger partial charge in [-0.15, -0.1) is 0 Å². The fourth-order valence-corrected chi connectivity index (χ4v) is 2.91. The Morgan fingerprint density at radius 2 is 1.82 bits per heavy atom. The van der Waals surface area contributed by atoms with Crippen LogP contribution >= 0.6 is 0 Å². The van der Waals surface area contributed by atoms with Crippen LogP contribution in [-0.2, 0) is 0 Å². The average Bonchev–Trinajstić information content (AvgIpc) is 2.49. The van der Waals surface area contributed by atoms with Crippen molar-refractivity contribution in [3.05, 3.63) is 36.6 Å². The molecule has 1 aliphatic rings. The molecule has 0 saturated carbocycles. The molecule has 1 aliphatic heterocycles. The molecule has 22 heavy (non-hydrogen) atoms. The van der Waals surface area contributed by atoms with E-state index >= 15 is 0 Å². The predicted molar refractivity (Wildman–Crippen MR) is 94.4 cm³/mol. The minimum atomic E-state index is 0.208. The van der Waals surface area contributed by atoms with Gasteiger partial charge in [-0.3, -0.25) is 4.90 Å². The van der Waals surface area contributed by atoms with Gasteiger partial charge in [0.1, 0.15) is 0 Å². The lowest BCUT2D eigenvalue weighted by Gasteiger charge is -2.38. The summed E-state index contributed by atoms with van der Waals surface area (Å²) in [5.41, 5.74) is 2.38. The van der Waals surface area contributed by atoms with Crippen molar-refractivity contribution in [3.8, 4) is 6.07 Å². The van der Waals surface area contributed by atoms with Crippen LogP contribution in [0.4, 0.5) is 0 Å². The van der Waals surface area contributed by atoms with E-state index < -0.39 is 0 Å². The molecule has 0 unspecified atom stereocenters. The maximum Gasteiger partial charge on any atom is 0.0627 e. The highest BCUT2D eigenvalue weighted by molar-refractivity contribution is 5.24. The first-order valence-corrected chi connectivity index (χ1v) is 8.33. The quantitative estimate of drug-likeness (QED) is 0.635. The Kier molecular flexibility index (Phi) is 7.41. The highest BCUT2D eigenvalue weighted by Gasteiger charge is 2.29. The van der Waals surface area contributed by atoms with E-state index in [1.54, 1.807) is 0 Å². The molecule has 122 valence electrons. The summed E-state index contributed by atoms with van der Waals surface area (Å²) < 4.78 is 0. The Morgan fingerprint density at radius 3 is 2.32 bits per heavy atom. The van der Waals surface area contributed by atoms with Gasteiger partial charge in [-0.05, 0) is 56.8 Å². The number of likely N-dealkylation sites (tertiary alicyclic amines) is 1. The molecule has 0 radical (unpaired) electrons. The Labute approximate surface area is 136 Å². The molecule has 0 bridgehead atoms. The zero-order valence-corrected chi connectivity index (χ0v) is 14.6. The molecule has 3 heteroatoms. The monoisotopic (exact) mass is 301 g/mol. The van der Waals surface area contributed by atoms with Gasteiger partial charge in [0, 0.05) is 31.8 Å². The fourth-order valence-electron chi connectivity index (χ4n) is 2.91. The third-order valence-corrected chi connectivity index (χ3v) is 4.68. The molecule has 0 amide bonds. The normalized spacial score (nSPS) is 18.1. The Hall–Kier alpha value is -1.53. The summed E-state index contributed by atoms with van der Waals surface area (Å²) in [6, 6.07) is 2.33. The number of nitriles is 1. The first-order valence-electron chi connectivity index (χ1n) is 8.33. The third-order valence-electron chi connectivity index (χ3n) is 4.68. The SMILES string of the molecule is C=C(/C=C\C(=C)N(CC)CC)CN1CCC(C)(CC#N)CC1. The summed E-state index contributed by atoms with van der Waals surface area (Å²) in [4.78, 5) is 4.67. The average molecular weight is 301 g/mol. The lowest BCUT2D eigenvalue weighted by Crippen LogP contribution is -2.39. The molecule has 1 heterocycles. The van der Waals surface area contributed by atoms with Gasteiger partial charge >= 0.3 is 0 Å². The lowest BCUT2D eigenvalue weighted by atomic mass is 9.78. The van der Waals surface area contributed by atoms with Crippen LogP contribution in [0.2, 0.25) is 0 Å². The van der Waals surface area contributed by atoms with E-state index in [9.17, 15) is 0 Å². The molecule has 3 nitrogen and oxygen atoms in total. The molecule has 0 aromatic heterocycles. The lowest BCUT2D eigenvalue weighted by molar-refractivity contribution is 0.130. The molecule has 0 N–H and O–H groups in total. The van der Waals surface area contributed by atoms with Gasteiger partial charge in [0.15, 0.2) is 0 Å². The van der Waals surface area contributed by atoms with Gasteiger partial charge in [0.05, 0.1) is 6.07 Å². The van der Waals surface area contributed by atoms with Crippen LogP contribution in [0.1, 0.15) is 40.0 Å². The standard InChI is InChI=1S/C19H31N3/c1-6-22(7-2)18(4)9-8-17(3)16-21-14-11-19(5,10-13-20)12-15-21/h8-9H,3-4,6-7,10-12,14-16H2,1-2,5H3/b9-8-. The summed E-state index contributed by atoms with van der Waals surface area (Å²) in [6.45, 7) is 19.8. The van der Waals surface area contributed by atoms with Gasteiger partial charge in [-0.25, -0.2) is 0 Å². The topological polar surface area (TPSA) is 30.3 Å². The number of hydrogen-bond donors (Lipinski definition) is 0. The summed E-state index contributed by atoms with van der Waals surface area (Å²) in [7, 11) is 0. The number of nitrogens with zero attached hydrogens (tertiary/aromatic N) is 3. The molecule has 0 spiro atoms. The van der Waals surface area contributed by atoms with E-state index in [0.717, 1.165) is 56.8 Å². The molecule has 0 aromatic carbocycles. The first-order chi connectivity index (χ1) is 10.4. The molecule has 0 aromatic rings. The Balaban J connectivity index is 2.41. The fraction of sp³-hybridized carbons (Fsp3) is 0.632. The van der Waals surface area contributed by atoms with Crippen LogP contribution in [0, 0.1) is 16.7 Å². The van der Waals surface area contributed by atoms with Gasteiger partial charge in [0.2, 0.25) is 0 Å². The third kappa shape index (κ3) is 5.69. The van der Waals surface area contributed by atoms with Crippen molar-refractivity contribution in [2.75, 3.05) is 32.7 Å². The highest BCUT2D eigenvalue weighted by atomic mass is 15.1. The number of piperidine rings is 1. The Bertz CT molecular complexity index is 444. The molecule has 0 atom stereocenters. The van der Waals surface area contributed by atoms with Crippen molar-refractivity contribution < 1.29 is 0 Å². The smallest absolute Gasteiger partial charge is 0.0627 e. The second-order valence-corrected chi connectivity index (χ2v) is 6.58. The summed E-state index contributed by atoms with van der Waals surface area (Å²) in [5, 5.41) is 8.90. The largest absolute Gasteiger partial charge is 0.373 e. The molecular formula is C19H31N3. The zero-order valence-electron chi connectivity index (χ0n) is 14.6. The van der Waals surface area contributed by atoms with Crippen LogP contribution < -0.4 is 0 Å². The predicted octanol–water partition coefficient (Wildman–Crippen LogP) is 3.97. The van der Waals surface area contributed by atoms with Gasteiger partial charge < -0.3 is 4.90 Å². The van der Waals surface area contributed by atoms with Crippen molar-refractivity contribution >= 4 is 0 Å². The maximum absolute atomic E-state index is 8.90. The van der Waals surface area contributed by atoms with E-state index in [4.69, 9.17) is 5.26 Å². The van der Waals surface area contributed by atoms with Crippen LogP contribution in [0.15, 0.2) is 36.6 Å². The summed E-state index contributed by atoms with van der Waals surface area (Å²) in [5.74, 6) is 0. The second-order valence-electron chi connectivity index (χ2n) is 6.58. The van der Waals surface area contributed by atoms with Crippen LogP contribution in [0.3, 0.4) is 0 Å². The van der Waals surface area contributed by atoms with Gasteiger partial charge in [0.25, 0.3) is 0 Å². The maximum atomic E-state index is 8.90. The van der Waals surface area contributed by atoms with Crippen LogP contribution in [0.5, 0.6) is 0 Å². The van der Waals surface area contributed by atoms with Crippen LogP contribution in [-0.4, -0.2) is 42.5 Å². The number of likely N-dealkylation sites (N-methyl/N-ethyl adjacent to an activating group) is 1. The van der Waals surface area contributed by atoms with Crippen molar-refractivity contribution in [2.45, 2.75) is 40.0 Å². The number of allylic oxidation sites excluding steroid dienone is 1. The molecule has 1 saturated heterocycles. The minimum Gasteiger partial charge on any atom is -0.373 e. The summed E-state index contributed by atoms with van der Waals surface area (Å²) in [6.07, 6.45) is 7.03. The van der Waals surface area contributed by atoms with Crippen LogP contribution in [0.25, 0.3) is 0 Å². The number of hydrogen-bond acceptors (Lipinski definition) is 3. The zero-order chi connectivity index (χ0) is 16.6. The van der Waals surface area contributed by atoms with E-state index in [1.807, 2.05) is 0 Å². The van der Waals surface area contributed by atoms with E-state index in [1.165, 1.54) is 0 Å². The molecule has 1 rings (SSSR count). The second kappa shape index (κ2) is 8.80. The number of rotatable bonds is 8. The Morgan fingerprint density at radius 1 is 1.23 bits per heavy atom. The van der Waals surface area contributed by atoms with Crippen molar-refractivity contribution in [1.29, 1.82) is 5.26 Å². The van der Waals surface area contributed by atoms with Gasteiger partial charge in [-0.1, -0.05) is 26.2 Å².